The number of anilines is 1. The van der Waals surface area contributed by atoms with Gasteiger partial charge in [0.25, 0.3) is 11.5 Å². The van der Waals surface area contributed by atoms with Crippen molar-refractivity contribution in [3.8, 4) is 11.5 Å². The summed E-state index contributed by atoms with van der Waals surface area (Å²) in [7, 11) is 1.54. The summed E-state index contributed by atoms with van der Waals surface area (Å²) in [5.41, 5.74) is 3.48. The topological polar surface area (TPSA) is 81.9 Å². The van der Waals surface area contributed by atoms with Crippen LogP contribution in [0.5, 0.6) is 11.5 Å². The number of nitrogens with one attached hydrogen (secondary N) is 1. The number of hydrogen-bond donors (Lipinski definition) is 1. The second kappa shape index (κ2) is 12.9. The number of methoxy groups -OCH3 is 1. The maximum Gasteiger partial charge on any atom is 0.271 e. The normalized spacial score (nSPS) is 14.5. The summed E-state index contributed by atoms with van der Waals surface area (Å²) in [4.78, 5) is 32.9. The van der Waals surface area contributed by atoms with Gasteiger partial charge in [0.05, 0.1) is 29.0 Å². The standard InChI is InChI=1S/C35H27ClFN3O4S/c1-21-31(33(41)39-27-6-4-3-5-7-27)32(24-11-13-25(36)14-12-24)40-34(42)30(45-35(40)38-21)19-23-10-17-28(29(18-23)43-2)44-20-22-8-15-26(37)16-9-22/h3-19,32H,20H2,1-2H3,(H,39,41)/b30-19-/t32-/m0/s1. The van der Waals surface area contributed by atoms with Gasteiger partial charge in [-0.3, -0.25) is 14.2 Å². The molecule has 0 radical (unpaired) electrons. The van der Waals surface area contributed by atoms with Gasteiger partial charge in [-0.25, -0.2) is 9.38 Å². The van der Waals surface area contributed by atoms with Gasteiger partial charge in [-0.1, -0.05) is 71.5 Å². The first kappa shape index (κ1) is 30.1. The molecule has 1 atom stereocenters. The first-order valence-corrected chi connectivity index (χ1v) is 15.2. The summed E-state index contributed by atoms with van der Waals surface area (Å²) in [6, 6.07) is 27.0. The van der Waals surface area contributed by atoms with E-state index < -0.39 is 6.04 Å². The van der Waals surface area contributed by atoms with E-state index in [1.54, 1.807) is 66.1 Å². The van der Waals surface area contributed by atoms with Crippen LogP contribution < -0.4 is 29.7 Å². The van der Waals surface area contributed by atoms with Crippen LogP contribution in [0.15, 0.2) is 118 Å². The van der Waals surface area contributed by atoms with Gasteiger partial charge < -0.3 is 14.8 Å². The lowest BCUT2D eigenvalue weighted by atomic mass is 9.95. The Hall–Kier alpha value is -4.99. The van der Waals surface area contributed by atoms with Gasteiger partial charge in [0.2, 0.25) is 0 Å². The first-order valence-electron chi connectivity index (χ1n) is 14.0. The molecule has 0 saturated heterocycles. The van der Waals surface area contributed by atoms with E-state index in [9.17, 15) is 14.0 Å². The maximum absolute atomic E-state index is 14.0. The molecule has 10 heteroatoms. The van der Waals surface area contributed by atoms with Crippen LogP contribution in [0.4, 0.5) is 10.1 Å². The predicted octanol–water partition coefficient (Wildman–Crippen LogP) is 6.25. The smallest absolute Gasteiger partial charge is 0.271 e. The minimum absolute atomic E-state index is 0.235. The Kier molecular flexibility index (Phi) is 8.64. The molecule has 6 rings (SSSR count). The number of allylic oxidation sites excluding steroid dienone is 1. The van der Waals surface area contributed by atoms with E-state index in [0.717, 1.165) is 11.1 Å². The number of halogens is 2. The summed E-state index contributed by atoms with van der Waals surface area (Å²) >= 11 is 7.43. The van der Waals surface area contributed by atoms with Gasteiger partial charge in [0.15, 0.2) is 16.3 Å². The van der Waals surface area contributed by atoms with Gasteiger partial charge in [0.1, 0.15) is 12.4 Å². The summed E-state index contributed by atoms with van der Waals surface area (Å²) in [6.45, 7) is 2.01. The molecule has 4 aromatic carbocycles. The Bertz CT molecular complexity index is 2090. The van der Waals surface area contributed by atoms with Crippen molar-refractivity contribution in [2.75, 3.05) is 12.4 Å². The Morgan fingerprint density at radius 2 is 1.76 bits per heavy atom. The van der Waals surface area contributed by atoms with Crippen LogP contribution in [-0.4, -0.2) is 17.6 Å². The largest absolute Gasteiger partial charge is 0.493 e. The summed E-state index contributed by atoms with van der Waals surface area (Å²) in [6.07, 6.45) is 1.76. The fraction of sp³-hybridized carbons (Fsp3) is 0.114. The summed E-state index contributed by atoms with van der Waals surface area (Å²) in [5.74, 6) is 0.325. The zero-order chi connectivity index (χ0) is 31.5. The molecular formula is C35H27ClFN3O4S. The molecular weight excluding hydrogens is 613 g/mol. The molecule has 1 aliphatic rings. The van der Waals surface area contributed by atoms with E-state index in [1.165, 1.54) is 30.6 Å². The molecule has 7 nitrogen and oxygen atoms in total. The average Bonchev–Trinajstić information content (AvgIpc) is 3.34. The van der Waals surface area contributed by atoms with Crippen LogP contribution in [0.25, 0.3) is 6.08 Å². The zero-order valence-corrected chi connectivity index (χ0v) is 25.9. The molecule has 0 saturated carbocycles. The molecule has 1 amide bonds. The van der Waals surface area contributed by atoms with E-state index in [2.05, 4.69) is 5.32 Å². The van der Waals surface area contributed by atoms with Gasteiger partial charge in [0, 0.05) is 10.7 Å². The lowest BCUT2D eigenvalue weighted by Gasteiger charge is -2.25. The second-order valence-electron chi connectivity index (χ2n) is 10.3. The van der Waals surface area contributed by atoms with Crippen LogP contribution in [-0.2, 0) is 11.4 Å². The monoisotopic (exact) mass is 639 g/mol. The van der Waals surface area contributed by atoms with Gasteiger partial charge in [-0.2, -0.15) is 0 Å². The van der Waals surface area contributed by atoms with E-state index in [4.69, 9.17) is 26.1 Å². The highest BCUT2D eigenvalue weighted by Crippen LogP contribution is 2.32. The third kappa shape index (κ3) is 6.45. The molecule has 0 unspecified atom stereocenters. The van der Waals surface area contributed by atoms with Gasteiger partial charge >= 0.3 is 0 Å². The van der Waals surface area contributed by atoms with Crippen molar-refractivity contribution < 1.29 is 18.7 Å². The lowest BCUT2D eigenvalue weighted by Crippen LogP contribution is -2.40. The highest BCUT2D eigenvalue weighted by molar-refractivity contribution is 7.07. The Morgan fingerprint density at radius 3 is 2.47 bits per heavy atom. The molecule has 45 heavy (non-hydrogen) atoms. The third-order valence-electron chi connectivity index (χ3n) is 7.28. The maximum atomic E-state index is 14.0. The number of amides is 1. The van der Waals surface area contributed by atoms with E-state index in [0.29, 0.717) is 48.4 Å². The fourth-order valence-electron chi connectivity index (χ4n) is 5.08. The van der Waals surface area contributed by atoms with E-state index in [1.807, 2.05) is 36.4 Å². The van der Waals surface area contributed by atoms with E-state index >= 15 is 0 Å². The average molecular weight is 640 g/mol. The summed E-state index contributed by atoms with van der Waals surface area (Å²) < 4.78 is 26.7. The molecule has 0 bridgehead atoms. The lowest BCUT2D eigenvalue weighted by molar-refractivity contribution is -0.113. The van der Waals surface area contributed by atoms with Crippen molar-refractivity contribution in [1.29, 1.82) is 0 Å². The van der Waals surface area contributed by atoms with Crippen molar-refractivity contribution in [2.24, 2.45) is 4.99 Å². The van der Waals surface area contributed by atoms with Crippen LogP contribution in [0, 0.1) is 5.82 Å². The van der Waals surface area contributed by atoms with Crippen molar-refractivity contribution in [3.05, 3.63) is 156 Å². The van der Waals surface area contributed by atoms with Crippen molar-refractivity contribution in [3.63, 3.8) is 0 Å². The number of nitrogens with zero attached hydrogens (tertiary/aromatic N) is 2. The molecule has 0 spiro atoms. The van der Waals surface area contributed by atoms with Crippen LogP contribution >= 0.6 is 22.9 Å². The molecule has 1 N–H and O–H groups in total. The number of benzene rings is 4. The second-order valence-corrected chi connectivity index (χ2v) is 11.7. The SMILES string of the molecule is COc1cc(/C=c2\sc3n(c2=O)[C@@H](c2ccc(Cl)cc2)C(C(=O)Nc2ccccc2)=C(C)N=3)ccc1OCc1ccc(F)cc1. The Balaban J connectivity index is 1.37. The molecule has 5 aromatic rings. The first-order chi connectivity index (χ1) is 21.8. The van der Waals surface area contributed by atoms with Crippen LogP contribution in [0.1, 0.15) is 29.7 Å². The number of aromatic nitrogens is 1. The molecule has 1 aromatic heterocycles. The Morgan fingerprint density at radius 1 is 1.02 bits per heavy atom. The highest BCUT2D eigenvalue weighted by Gasteiger charge is 2.32. The summed E-state index contributed by atoms with van der Waals surface area (Å²) in [5, 5.41) is 3.49. The minimum Gasteiger partial charge on any atom is -0.493 e. The van der Waals surface area contributed by atoms with Crippen LogP contribution in [0.3, 0.4) is 0 Å². The minimum atomic E-state index is -0.721. The van der Waals surface area contributed by atoms with Crippen molar-refractivity contribution >= 4 is 40.6 Å². The molecule has 0 fully saturated rings. The Labute approximate surface area is 267 Å². The van der Waals surface area contributed by atoms with E-state index in [-0.39, 0.29) is 23.9 Å². The molecule has 1 aliphatic heterocycles. The van der Waals surface area contributed by atoms with Gasteiger partial charge in [-0.05, 0) is 78.2 Å². The molecule has 226 valence electrons. The quantitative estimate of drug-likeness (QED) is 0.218. The van der Waals surface area contributed by atoms with Crippen LogP contribution in [0.2, 0.25) is 5.02 Å². The van der Waals surface area contributed by atoms with Crippen molar-refractivity contribution in [1.82, 2.24) is 4.57 Å². The molecule has 2 heterocycles. The number of ether oxygens (including phenoxy) is 2. The predicted molar refractivity (Wildman–Crippen MR) is 174 cm³/mol. The number of fused-ring (bicyclic) bond motifs is 1. The number of carbonyl (C=O) groups excluding carboxylic acids is 1. The number of para-hydroxylation sites is 1. The number of carbonyl (C=O) groups is 1. The van der Waals surface area contributed by atoms with Crippen molar-refractivity contribution in [2.45, 2.75) is 19.6 Å². The number of thiazole rings is 1. The third-order valence-corrected chi connectivity index (χ3v) is 8.51. The highest BCUT2D eigenvalue weighted by atomic mass is 35.5. The molecule has 0 aliphatic carbocycles. The zero-order valence-electron chi connectivity index (χ0n) is 24.3. The number of hydrogen-bond acceptors (Lipinski definition) is 6. The fourth-order valence-corrected chi connectivity index (χ4v) is 6.25. The van der Waals surface area contributed by atoms with Gasteiger partial charge in [-0.15, -0.1) is 0 Å². The number of rotatable bonds is 8.